The number of anilines is 1. The van der Waals surface area contributed by atoms with Crippen LogP contribution in [0.4, 0.5) is 5.69 Å². The number of carbonyl (C=O) groups is 2. The van der Waals surface area contributed by atoms with Gasteiger partial charge in [0.1, 0.15) is 0 Å². The zero-order chi connectivity index (χ0) is 18.2. The largest absolute Gasteiger partial charge is 0.493 e. The number of amides is 1. The van der Waals surface area contributed by atoms with E-state index in [9.17, 15) is 9.59 Å². The fourth-order valence-corrected chi connectivity index (χ4v) is 2.99. The van der Waals surface area contributed by atoms with Crippen molar-refractivity contribution < 1.29 is 23.8 Å². The minimum absolute atomic E-state index is 0.324. The molecule has 132 valence electrons. The maximum Gasteiger partial charge on any atom is 0.344 e. The van der Waals surface area contributed by atoms with Gasteiger partial charge in [-0.15, -0.1) is 0 Å². The molecule has 25 heavy (non-hydrogen) atoms. The summed E-state index contributed by atoms with van der Waals surface area (Å²) in [7, 11) is 1.51. The Balaban J connectivity index is 1.78. The SMILES string of the molecule is COc1ccccc1OCC(=O)OCC(=O)Nc1ccc(Br)cc1Br. The Morgan fingerprint density at radius 2 is 1.76 bits per heavy atom. The number of hydrogen-bond acceptors (Lipinski definition) is 5. The third kappa shape index (κ3) is 6.06. The van der Waals surface area contributed by atoms with Crippen molar-refractivity contribution in [2.75, 3.05) is 25.6 Å². The van der Waals surface area contributed by atoms with Crippen LogP contribution in [0.15, 0.2) is 51.4 Å². The molecule has 0 aromatic heterocycles. The standard InChI is InChI=1S/C17H15Br2NO5/c1-23-14-4-2-3-5-15(14)24-10-17(22)25-9-16(21)20-13-7-6-11(18)8-12(13)19/h2-8H,9-10H2,1H3,(H,20,21). The summed E-state index contributed by atoms with van der Waals surface area (Å²) in [6.45, 7) is -0.730. The van der Waals surface area contributed by atoms with Crippen LogP contribution in [0.2, 0.25) is 0 Å². The van der Waals surface area contributed by atoms with Crippen molar-refractivity contribution in [2.45, 2.75) is 0 Å². The first-order valence-corrected chi connectivity index (χ1v) is 8.74. The van der Waals surface area contributed by atoms with Gasteiger partial charge in [-0.3, -0.25) is 4.79 Å². The summed E-state index contributed by atoms with van der Waals surface area (Å²) in [5.74, 6) is -0.178. The van der Waals surface area contributed by atoms with E-state index in [1.54, 1.807) is 42.5 Å². The third-order valence-electron chi connectivity index (χ3n) is 2.98. The zero-order valence-electron chi connectivity index (χ0n) is 13.3. The van der Waals surface area contributed by atoms with E-state index in [4.69, 9.17) is 14.2 Å². The molecule has 0 heterocycles. The number of methoxy groups -OCH3 is 1. The summed E-state index contributed by atoms with van der Waals surface area (Å²) < 4.78 is 16.9. The van der Waals surface area contributed by atoms with Gasteiger partial charge in [-0.25, -0.2) is 4.79 Å². The van der Waals surface area contributed by atoms with Crippen LogP contribution in [0.1, 0.15) is 0 Å². The Morgan fingerprint density at radius 1 is 1.04 bits per heavy atom. The summed E-state index contributed by atoms with van der Waals surface area (Å²) >= 11 is 6.66. The van der Waals surface area contributed by atoms with Crippen molar-refractivity contribution in [1.29, 1.82) is 0 Å². The number of para-hydroxylation sites is 2. The molecule has 2 aromatic carbocycles. The molecule has 0 spiro atoms. The van der Waals surface area contributed by atoms with E-state index < -0.39 is 18.5 Å². The van der Waals surface area contributed by atoms with E-state index in [0.717, 1.165) is 4.47 Å². The highest BCUT2D eigenvalue weighted by Gasteiger charge is 2.11. The summed E-state index contributed by atoms with van der Waals surface area (Å²) in [6.07, 6.45) is 0. The average Bonchev–Trinajstić information content (AvgIpc) is 2.60. The number of nitrogens with one attached hydrogen (secondary N) is 1. The lowest BCUT2D eigenvalue weighted by Crippen LogP contribution is -2.23. The summed E-state index contributed by atoms with van der Waals surface area (Å²) in [5, 5.41) is 2.64. The quantitative estimate of drug-likeness (QED) is 0.620. The highest BCUT2D eigenvalue weighted by molar-refractivity contribution is 9.11. The summed E-state index contributed by atoms with van der Waals surface area (Å²) in [6, 6.07) is 12.2. The van der Waals surface area contributed by atoms with E-state index >= 15 is 0 Å². The van der Waals surface area contributed by atoms with Crippen molar-refractivity contribution in [2.24, 2.45) is 0 Å². The molecule has 0 bridgehead atoms. The normalized spacial score (nSPS) is 10.0. The van der Waals surface area contributed by atoms with Gasteiger partial charge in [0.15, 0.2) is 24.7 Å². The second-order valence-corrected chi connectivity index (χ2v) is 6.54. The molecule has 0 fully saturated rings. The smallest absolute Gasteiger partial charge is 0.344 e. The van der Waals surface area contributed by atoms with Gasteiger partial charge in [-0.1, -0.05) is 28.1 Å². The first-order chi connectivity index (χ1) is 12.0. The van der Waals surface area contributed by atoms with Crippen LogP contribution >= 0.6 is 31.9 Å². The van der Waals surface area contributed by atoms with Crippen LogP contribution in [0.25, 0.3) is 0 Å². The number of benzene rings is 2. The van der Waals surface area contributed by atoms with E-state index in [1.165, 1.54) is 7.11 Å². The van der Waals surface area contributed by atoms with Gasteiger partial charge in [0.05, 0.1) is 12.8 Å². The van der Waals surface area contributed by atoms with Gasteiger partial charge in [0, 0.05) is 8.95 Å². The Bertz CT molecular complexity index is 766. The molecule has 6 nitrogen and oxygen atoms in total. The molecule has 8 heteroatoms. The molecule has 2 aromatic rings. The van der Waals surface area contributed by atoms with Crippen molar-refractivity contribution in [1.82, 2.24) is 0 Å². The van der Waals surface area contributed by atoms with Crippen LogP contribution in [-0.2, 0) is 14.3 Å². The van der Waals surface area contributed by atoms with Crippen molar-refractivity contribution in [3.8, 4) is 11.5 Å². The fourth-order valence-electron chi connectivity index (χ4n) is 1.84. The Labute approximate surface area is 161 Å². The van der Waals surface area contributed by atoms with Crippen LogP contribution in [0, 0.1) is 0 Å². The molecular weight excluding hydrogens is 458 g/mol. The second-order valence-electron chi connectivity index (χ2n) is 4.77. The van der Waals surface area contributed by atoms with Gasteiger partial charge in [0.2, 0.25) is 0 Å². The molecule has 0 unspecified atom stereocenters. The highest BCUT2D eigenvalue weighted by Crippen LogP contribution is 2.26. The molecule has 0 aliphatic heterocycles. The predicted octanol–water partition coefficient (Wildman–Crippen LogP) is 3.78. The van der Waals surface area contributed by atoms with Crippen LogP contribution in [0.5, 0.6) is 11.5 Å². The predicted molar refractivity (Wildman–Crippen MR) is 99.9 cm³/mol. The molecule has 0 aliphatic carbocycles. The molecule has 0 aliphatic rings. The molecule has 0 saturated heterocycles. The maximum atomic E-state index is 11.8. The minimum Gasteiger partial charge on any atom is -0.493 e. The van der Waals surface area contributed by atoms with Crippen LogP contribution in [0.3, 0.4) is 0 Å². The number of esters is 1. The molecular formula is C17H15Br2NO5. The summed E-state index contributed by atoms with van der Waals surface area (Å²) in [5.41, 5.74) is 0.578. The number of ether oxygens (including phenoxy) is 3. The van der Waals surface area contributed by atoms with Gasteiger partial charge in [0.25, 0.3) is 5.91 Å². The second kappa shape index (κ2) is 9.43. The van der Waals surface area contributed by atoms with Gasteiger partial charge >= 0.3 is 5.97 Å². The first-order valence-electron chi connectivity index (χ1n) is 7.16. The van der Waals surface area contributed by atoms with Gasteiger partial charge < -0.3 is 19.5 Å². The van der Waals surface area contributed by atoms with Crippen LogP contribution < -0.4 is 14.8 Å². The van der Waals surface area contributed by atoms with Gasteiger partial charge in [-0.05, 0) is 46.3 Å². The number of hydrogen-bond donors (Lipinski definition) is 1. The molecule has 2 rings (SSSR count). The van der Waals surface area contributed by atoms with E-state index in [0.29, 0.717) is 21.7 Å². The van der Waals surface area contributed by atoms with Crippen molar-refractivity contribution >= 4 is 49.4 Å². The fraction of sp³-hybridized carbons (Fsp3) is 0.176. The molecule has 0 atom stereocenters. The van der Waals surface area contributed by atoms with E-state index in [2.05, 4.69) is 37.2 Å². The maximum absolute atomic E-state index is 11.8. The Kier molecular flexibility index (Phi) is 7.27. The highest BCUT2D eigenvalue weighted by atomic mass is 79.9. The Hall–Kier alpha value is -2.06. The molecule has 1 N–H and O–H groups in total. The zero-order valence-corrected chi connectivity index (χ0v) is 16.4. The van der Waals surface area contributed by atoms with Crippen LogP contribution in [-0.4, -0.2) is 32.2 Å². The Morgan fingerprint density at radius 3 is 2.44 bits per heavy atom. The third-order valence-corrected chi connectivity index (χ3v) is 4.13. The number of rotatable bonds is 7. The molecule has 1 amide bonds. The minimum atomic E-state index is -0.657. The molecule has 0 saturated carbocycles. The average molecular weight is 473 g/mol. The number of halogens is 2. The number of carbonyl (C=O) groups excluding carboxylic acids is 2. The lowest BCUT2D eigenvalue weighted by Gasteiger charge is -2.10. The van der Waals surface area contributed by atoms with E-state index in [-0.39, 0.29) is 6.61 Å². The lowest BCUT2D eigenvalue weighted by molar-refractivity contribution is -0.149. The first kappa shape index (κ1) is 19.3. The lowest BCUT2D eigenvalue weighted by atomic mass is 10.3. The monoisotopic (exact) mass is 471 g/mol. The van der Waals surface area contributed by atoms with Crippen molar-refractivity contribution in [3.63, 3.8) is 0 Å². The van der Waals surface area contributed by atoms with E-state index in [1.807, 2.05) is 0 Å². The summed E-state index contributed by atoms with van der Waals surface area (Å²) in [4.78, 5) is 23.5. The van der Waals surface area contributed by atoms with Crippen molar-refractivity contribution in [3.05, 3.63) is 51.4 Å². The molecule has 0 radical (unpaired) electrons. The topological polar surface area (TPSA) is 73.9 Å². The van der Waals surface area contributed by atoms with Gasteiger partial charge in [-0.2, -0.15) is 0 Å².